The largest absolute Gasteiger partial charge is 0.481 e. The zero-order chi connectivity index (χ0) is 13.1. The van der Waals surface area contributed by atoms with Gasteiger partial charge in [-0.1, -0.05) is 12.2 Å². The molecule has 0 fully saturated rings. The summed E-state index contributed by atoms with van der Waals surface area (Å²) in [4.78, 5) is 18.0. The molecule has 0 amide bonds. The van der Waals surface area contributed by atoms with Crippen LogP contribution < -0.4 is 0 Å². The summed E-state index contributed by atoms with van der Waals surface area (Å²) < 4.78 is 0. The molecule has 1 aliphatic rings. The molecule has 0 saturated heterocycles. The van der Waals surface area contributed by atoms with Crippen molar-refractivity contribution in [1.29, 1.82) is 0 Å². The van der Waals surface area contributed by atoms with Crippen LogP contribution in [0, 0.1) is 5.92 Å². The van der Waals surface area contributed by atoms with E-state index in [0.29, 0.717) is 6.42 Å². The van der Waals surface area contributed by atoms with Crippen LogP contribution in [0.5, 0.6) is 0 Å². The topological polar surface area (TPSA) is 115 Å². The highest BCUT2D eigenvalue weighted by Crippen LogP contribution is 2.15. The van der Waals surface area contributed by atoms with Crippen molar-refractivity contribution in [2.45, 2.75) is 26.4 Å². The number of hydrogen-bond donors (Lipinski definition) is 4. The van der Waals surface area contributed by atoms with Gasteiger partial charge < -0.3 is 20.4 Å². The number of aliphatic hydroxyl groups is 2. The molecule has 0 aliphatic heterocycles. The number of rotatable bonds is 1. The van der Waals surface area contributed by atoms with Crippen LogP contribution in [-0.2, 0) is 9.59 Å². The van der Waals surface area contributed by atoms with E-state index in [1.807, 2.05) is 6.08 Å². The van der Waals surface area contributed by atoms with Gasteiger partial charge in [-0.05, 0) is 6.42 Å². The van der Waals surface area contributed by atoms with Gasteiger partial charge in [0.1, 0.15) is 0 Å². The number of aliphatic hydroxyl groups excluding tert-OH is 2. The Hall–Kier alpha value is -1.40. The van der Waals surface area contributed by atoms with Crippen molar-refractivity contribution in [2.75, 3.05) is 6.61 Å². The second kappa shape index (κ2) is 10.1. The third-order valence-corrected chi connectivity index (χ3v) is 1.38. The van der Waals surface area contributed by atoms with Gasteiger partial charge in [0.05, 0.1) is 6.10 Å². The van der Waals surface area contributed by atoms with Crippen LogP contribution in [0.4, 0.5) is 0 Å². The Morgan fingerprint density at radius 3 is 1.69 bits per heavy atom. The number of carboxylic acids is 2. The summed E-state index contributed by atoms with van der Waals surface area (Å²) in [6, 6.07) is 0. The average Bonchev–Trinajstić information content (AvgIpc) is 2.49. The van der Waals surface area contributed by atoms with Gasteiger partial charge in [-0.3, -0.25) is 9.59 Å². The Morgan fingerprint density at radius 1 is 1.19 bits per heavy atom. The maximum Gasteiger partial charge on any atom is 0.300 e. The van der Waals surface area contributed by atoms with E-state index < -0.39 is 11.9 Å². The summed E-state index contributed by atoms with van der Waals surface area (Å²) in [5.41, 5.74) is 0. The van der Waals surface area contributed by atoms with Gasteiger partial charge in [-0.2, -0.15) is 0 Å². The molecule has 16 heavy (non-hydrogen) atoms. The molecule has 0 aromatic rings. The summed E-state index contributed by atoms with van der Waals surface area (Å²) >= 11 is 0. The van der Waals surface area contributed by atoms with Gasteiger partial charge in [0, 0.05) is 26.4 Å². The number of carbonyl (C=O) groups is 2. The standard InChI is InChI=1S/C6H10O2.2C2H4O2/c7-4-5-1-2-6(8)3-5;2*1-2(3)4/h1-2,5-8H,3-4H2;2*1H3,(H,3,4)/t5-,6+;;/m1../s1. The van der Waals surface area contributed by atoms with Crippen molar-refractivity contribution in [3.63, 3.8) is 0 Å². The molecule has 4 N–H and O–H groups in total. The Morgan fingerprint density at radius 2 is 1.56 bits per heavy atom. The van der Waals surface area contributed by atoms with Crippen molar-refractivity contribution >= 4 is 11.9 Å². The first-order valence-corrected chi connectivity index (χ1v) is 4.65. The van der Waals surface area contributed by atoms with Crippen LogP contribution in [0.25, 0.3) is 0 Å². The maximum absolute atomic E-state index is 9.00. The van der Waals surface area contributed by atoms with Crippen LogP contribution in [0.15, 0.2) is 12.2 Å². The fourth-order valence-corrected chi connectivity index (χ4v) is 0.888. The Balaban J connectivity index is 0. The smallest absolute Gasteiger partial charge is 0.300 e. The molecule has 0 bridgehead atoms. The molecule has 6 nitrogen and oxygen atoms in total. The lowest BCUT2D eigenvalue weighted by Gasteiger charge is -2.01. The SMILES string of the molecule is CC(=O)O.CC(=O)O.OC[C@@H]1C=C[C@H](O)C1. The zero-order valence-electron chi connectivity index (χ0n) is 9.33. The van der Waals surface area contributed by atoms with Crippen LogP contribution >= 0.6 is 0 Å². The molecule has 0 unspecified atom stereocenters. The summed E-state index contributed by atoms with van der Waals surface area (Å²) in [6.07, 6.45) is 3.95. The van der Waals surface area contributed by atoms with Crippen molar-refractivity contribution < 1.29 is 30.0 Å². The zero-order valence-corrected chi connectivity index (χ0v) is 9.33. The summed E-state index contributed by atoms with van der Waals surface area (Å²) in [5, 5.41) is 32.2. The maximum atomic E-state index is 9.00. The van der Waals surface area contributed by atoms with Gasteiger partial charge in [-0.25, -0.2) is 0 Å². The van der Waals surface area contributed by atoms with Crippen LogP contribution in [0.2, 0.25) is 0 Å². The highest BCUT2D eigenvalue weighted by atomic mass is 16.4. The van der Waals surface area contributed by atoms with Crippen LogP contribution in [0.3, 0.4) is 0 Å². The van der Waals surface area contributed by atoms with Crippen LogP contribution in [-0.4, -0.2) is 45.1 Å². The molecule has 1 aliphatic carbocycles. The van der Waals surface area contributed by atoms with Crippen LogP contribution in [0.1, 0.15) is 20.3 Å². The normalized spacial score (nSPS) is 21.2. The summed E-state index contributed by atoms with van der Waals surface area (Å²) in [5.74, 6) is -1.47. The van der Waals surface area contributed by atoms with E-state index in [1.54, 1.807) is 6.08 Å². The molecule has 0 heterocycles. The Kier molecular flexibility index (Phi) is 10.8. The first-order chi connectivity index (χ1) is 7.29. The van der Waals surface area contributed by atoms with Crippen molar-refractivity contribution in [3.8, 4) is 0 Å². The fourth-order valence-electron chi connectivity index (χ4n) is 0.888. The lowest BCUT2D eigenvalue weighted by molar-refractivity contribution is -0.135. The molecular weight excluding hydrogens is 216 g/mol. The monoisotopic (exact) mass is 234 g/mol. The lowest BCUT2D eigenvalue weighted by atomic mass is 10.1. The van der Waals surface area contributed by atoms with E-state index in [0.717, 1.165) is 13.8 Å². The molecule has 6 heteroatoms. The molecule has 94 valence electrons. The third kappa shape index (κ3) is 18.4. The number of carboxylic acid groups (broad SMARTS) is 2. The molecule has 0 aromatic heterocycles. The summed E-state index contributed by atoms with van der Waals surface area (Å²) in [6.45, 7) is 2.33. The predicted octanol–water partition coefficient (Wildman–Crippen LogP) is 0.0975. The summed E-state index contributed by atoms with van der Waals surface area (Å²) in [7, 11) is 0. The molecule has 1 rings (SSSR count). The first-order valence-electron chi connectivity index (χ1n) is 4.65. The molecule has 0 aromatic carbocycles. The molecular formula is C10H18O6. The fraction of sp³-hybridized carbons (Fsp3) is 0.600. The molecule has 0 spiro atoms. The van der Waals surface area contributed by atoms with Crippen molar-refractivity contribution in [3.05, 3.63) is 12.2 Å². The minimum absolute atomic E-state index is 0.160. The van der Waals surface area contributed by atoms with E-state index in [-0.39, 0.29) is 18.6 Å². The Labute approximate surface area is 93.8 Å². The van der Waals surface area contributed by atoms with Gasteiger partial charge in [0.2, 0.25) is 0 Å². The quantitative estimate of drug-likeness (QED) is 0.478. The first kappa shape index (κ1) is 17.0. The Bertz CT molecular complexity index is 215. The van der Waals surface area contributed by atoms with E-state index in [1.165, 1.54) is 0 Å². The van der Waals surface area contributed by atoms with Crippen molar-refractivity contribution in [2.24, 2.45) is 5.92 Å². The van der Waals surface area contributed by atoms with Crippen molar-refractivity contribution in [1.82, 2.24) is 0 Å². The highest BCUT2D eigenvalue weighted by molar-refractivity contribution is 5.63. The highest BCUT2D eigenvalue weighted by Gasteiger charge is 2.14. The predicted molar refractivity (Wildman–Crippen MR) is 57.0 cm³/mol. The van der Waals surface area contributed by atoms with E-state index in [2.05, 4.69) is 0 Å². The van der Waals surface area contributed by atoms with Gasteiger partial charge >= 0.3 is 0 Å². The third-order valence-electron chi connectivity index (χ3n) is 1.38. The minimum atomic E-state index is -0.833. The second-order valence-corrected chi connectivity index (χ2v) is 3.17. The van der Waals surface area contributed by atoms with Gasteiger partial charge in [-0.15, -0.1) is 0 Å². The average molecular weight is 234 g/mol. The molecule has 2 atom stereocenters. The second-order valence-electron chi connectivity index (χ2n) is 3.17. The number of aliphatic carboxylic acids is 2. The molecule has 0 saturated carbocycles. The molecule has 0 radical (unpaired) electrons. The van der Waals surface area contributed by atoms with E-state index >= 15 is 0 Å². The minimum Gasteiger partial charge on any atom is -0.481 e. The van der Waals surface area contributed by atoms with Gasteiger partial charge in [0.25, 0.3) is 11.9 Å². The van der Waals surface area contributed by atoms with Gasteiger partial charge in [0.15, 0.2) is 0 Å². The van der Waals surface area contributed by atoms with E-state index in [4.69, 9.17) is 30.0 Å². The number of hydrogen-bond acceptors (Lipinski definition) is 4. The van der Waals surface area contributed by atoms with E-state index in [9.17, 15) is 0 Å². The lowest BCUT2D eigenvalue weighted by Crippen LogP contribution is -2.04.